The summed E-state index contributed by atoms with van der Waals surface area (Å²) in [6, 6.07) is 3.46. The van der Waals surface area contributed by atoms with Crippen LogP contribution in [0.2, 0.25) is 0 Å². The Kier molecular flexibility index (Phi) is 2.89. The number of hydrogen-bond acceptors (Lipinski definition) is 2. The predicted molar refractivity (Wildman–Crippen MR) is 61.5 cm³/mol. The maximum absolute atomic E-state index is 11.4. The molecule has 1 N–H and O–H groups in total. The van der Waals surface area contributed by atoms with E-state index in [0.717, 1.165) is 11.1 Å². The first-order chi connectivity index (χ1) is 6.73. The summed E-state index contributed by atoms with van der Waals surface area (Å²) in [7, 11) is 0. The van der Waals surface area contributed by atoms with Gasteiger partial charge in [-0.3, -0.25) is 4.79 Å². The average molecular weight is 206 g/mol. The maximum Gasteiger partial charge on any atom is 0.160 e. The molecule has 0 aromatic heterocycles. The van der Waals surface area contributed by atoms with Crippen molar-refractivity contribution in [1.29, 1.82) is 0 Å². The van der Waals surface area contributed by atoms with Crippen LogP contribution in [0.1, 0.15) is 49.2 Å². The lowest BCUT2D eigenvalue weighted by atomic mass is 9.84. The Bertz CT molecular complexity index is 398. The van der Waals surface area contributed by atoms with E-state index in [0.29, 0.717) is 5.56 Å². The van der Waals surface area contributed by atoms with Gasteiger partial charge in [-0.05, 0) is 42.5 Å². The minimum absolute atomic E-state index is 0.0398. The van der Waals surface area contributed by atoms with E-state index in [1.54, 1.807) is 19.1 Å². The summed E-state index contributed by atoms with van der Waals surface area (Å²) < 4.78 is 0. The third-order valence-corrected chi connectivity index (χ3v) is 2.53. The summed E-state index contributed by atoms with van der Waals surface area (Å²) in [6.07, 6.45) is 0. The summed E-state index contributed by atoms with van der Waals surface area (Å²) in [4.78, 5) is 11.4. The van der Waals surface area contributed by atoms with Crippen molar-refractivity contribution in [2.75, 3.05) is 0 Å². The van der Waals surface area contributed by atoms with Gasteiger partial charge in [0, 0.05) is 5.56 Å². The van der Waals surface area contributed by atoms with E-state index >= 15 is 0 Å². The fraction of sp³-hybridized carbons (Fsp3) is 0.462. The van der Waals surface area contributed by atoms with Gasteiger partial charge in [-0.2, -0.15) is 0 Å². The van der Waals surface area contributed by atoms with Crippen molar-refractivity contribution in [2.45, 2.75) is 40.0 Å². The fourth-order valence-electron chi connectivity index (χ4n) is 1.67. The highest BCUT2D eigenvalue weighted by Gasteiger charge is 2.20. The summed E-state index contributed by atoms with van der Waals surface area (Å²) in [6.45, 7) is 9.43. The molecule has 0 amide bonds. The van der Waals surface area contributed by atoms with E-state index in [4.69, 9.17) is 0 Å². The van der Waals surface area contributed by atoms with E-state index in [1.165, 1.54) is 0 Å². The standard InChI is InChI=1S/C13H18O2/c1-8-6-12(15)11(13(3,4)5)7-10(8)9(2)14/h6-7,15H,1-5H3. The van der Waals surface area contributed by atoms with Gasteiger partial charge in [0.1, 0.15) is 5.75 Å². The third kappa shape index (κ3) is 2.38. The Hall–Kier alpha value is -1.31. The minimum Gasteiger partial charge on any atom is -0.508 e. The first kappa shape index (κ1) is 11.8. The largest absolute Gasteiger partial charge is 0.508 e. The number of aromatic hydroxyl groups is 1. The first-order valence-corrected chi connectivity index (χ1v) is 5.08. The van der Waals surface area contributed by atoms with Crippen LogP contribution in [-0.4, -0.2) is 10.9 Å². The molecular formula is C13H18O2. The lowest BCUT2D eigenvalue weighted by Gasteiger charge is -2.21. The second-order valence-corrected chi connectivity index (χ2v) is 4.99. The van der Waals surface area contributed by atoms with Crippen molar-refractivity contribution in [3.8, 4) is 5.75 Å². The Morgan fingerprint density at radius 1 is 1.27 bits per heavy atom. The molecule has 0 saturated heterocycles. The molecule has 2 nitrogen and oxygen atoms in total. The Balaban J connectivity index is 3.43. The van der Waals surface area contributed by atoms with Gasteiger partial charge in [0.05, 0.1) is 0 Å². The normalized spacial score (nSPS) is 11.5. The zero-order valence-corrected chi connectivity index (χ0v) is 10.0. The first-order valence-electron chi connectivity index (χ1n) is 5.08. The average Bonchev–Trinajstić information content (AvgIpc) is 2.00. The predicted octanol–water partition coefficient (Wildman–Crippen LogP) is 3.20. The van der Waals surface area contributed by atoms with Crippen LogP contribution in [0.25, 0.3) is 0 Å². The second kappa shape index (κ2) is 3.69. The van der Waals surface area contributed by atoms with Crippen LogP contribution in [0.3, 0.4) is 0 Å². The van der Waals surface area contributed by atoms with Crippen molar-refractivity contribution in [3.63, 3.8) is 0 Å². The zero-order valence-electron chi connectivity index (χ0n) is 10.0. The number of benzene rings is 1. The van der Waals surface area contributed by atoms with Crippen molar-refractivity contribution in [2.24, 2.45) is 0 Å². The number of carbonyl (C=O) groups is 1. The van der Waals surface area contributed by atoms with Crippen LogP contribution in [0, 0.1) is 6.92 Å². The fourth-order valence-corrected chi connectivity index (χ4v) is 1.67. The van der Waals surface area contributed by atoms with Crippen LogP contribution in [0.15, 0.2) is 12.1 Å². The quantitative estimate of drug-likeness (QED) is 0.716. The number of hydrogen-bond donors (Lipinski definition) is 1. The van der Waals surface area contributed by atoms with E-state index in [9.17, 15) is 9.90 Å². The molecule has 0 spiro atoms. The van der Waals surface area contributed by atoms with Crippen LogP contribution >= 0.6 is 0 Å². The zero-order chi connectivity index (χ0) is 11.8. The molecule has 1 aromatic carbocycles. The monoisotopic (exact) mass is 206 g/mol. The third-order valence-electron chi connectivity index (χ3n) is 2.53. The highest BCUT2D eigenvalue weighted by atomic mass is 16.3. The molecule has 0 bridgehead atoms. The smallest absolute Gasteiger partial charge is 0.160 e. The number of carbonyl (C=O) groups excluding carboxylic acids is 1. The van der Waals surface area contributed by atoms with Crippen LogP contribution in [0.5, 0.6) is 5.75 Å². The maximum atomic E-state index is 11.4. The molecule has 0 aliphatic heterocycles. The SMILES string of the molecule is CC(=O)c1cc(C(C)(C)C)c(O)cc1C. The van der Waals surface area contributed by atoms with Crippen LogP contribution < -0.4 is 0 Å². The minimum atomic E-state index is -0.151. The molecule has 0 radical (unpaired) electrons. The topological polar surface area (TPSA) is 37.3 Å². The number of phenols is 1. The van der Waals surface area contributed by atoms with Gasteiger partial charge >= 0.3 is 0 Å². The molecule has 0 saturated carbocycles. The lowest BCUT2D eigenvalue weighted by Crippen LogP contribution is -2.13. The van der Waals surface area contributed by atoms with Crippen molar-refractivity contribution >= 4 is 5.78 Å². The highest BCUT2D eigenvalue weighted by molar-refractivity contribution is 5.96. The van der Waals surface area contributed by atoms with Gasteiger partial charge in [-0.1, -0.05) is 20.8 Å². The Morgan fingerprint density at radius 2 is 1.80 bits per heavy atom. The van der Waals surface area contributed by atoms with Gasteiger partial charge in [-0.15, -0.1) is 0 Å². The number of aryl methyl sites for hydroxylation is 1. The van der Waals surface area contributed by atoms with Crippen molar-refractivity contribution < 1.29 is 9.90 Å². The summed E-state index contributed by atoms with van der Waals surface area (Å²) in [5.41, 5.74) is 2.19. The second-order valence-electron chi connectivity index (χ2n) is 4.99. The molecule has 15 heavy (non-hydrogen) atoms. The van der Waals surface area contributed by atoms with Crippen LogP contribution in [0.4, 0.5) is 0 Å². The molecule has 2 heteroatoms. The summed E-state index contributed by atoms with van der Waals surface area (Å²) in [5, 5.41) is 9.82. The van der Waals surface area contributed by atoms with Gasteiger partial charge in [0.2, 0.25) is 0 Å². The number of ketones is 1. The Labute approximate surface area is 90.9 Å². The molecular weight excluding hydrogens is 188 g/mol. The lowest BCUT2D eigenvalue weighted by molar-refractivity contribution is 0.101. The van der Waals surface area contributed by atoms with E-state index in [2.05, 4.69) is 0 Å². The van der Waals surface area contributed by atoms with Gasteiger partial charge in [-0.25, -0.2) is 0 Å². The van der Waals surface area contributed by atoms with Crippen LogP contribution in [-0.2, 0) is 5.41 Å². The Morgan fingerprint density at radius 3 is 2.20 bits per heavy atom. The molecule has 0 aliphatic rings. The molecule has 82 valence electrons. The van der Waals surface area contributed by atoms with E-state index in [-0.39, 0.29) is 16.9 Å². The van der Waals surface area contributed by atoms with Gasteiger partial charge in [0.25, 0.3) is 0 Å². The molecule has 0 heterocycles. The number of rotatable bonds is 1. The summed E-state index contributed by atoms with van der Waals surface area (Å²) in [5.74, 6) is 0.308. The van der Waals surface area contributed by atoms with Crippen molar-refractivity contribution in [1.82, 2.24) is 0 Å². The van der Waals surface area contributed by atoms with E-state index in [1.807, 2.05) is 27.7 Å². The van der Waals surface area contributed by atoms with Crippen molar-refractivity contribution in [3.05, 3.63) is 28.8 Å². The number of phenolic OH excluding ortho intramolecular Hbond substituents is 1. The molecule has 0 unspecified atom stereocenters. The van der Waals surface area contributed by atoms with Gasteiger partial charge < -0.3 is 5.11 Å². The molecule has 0 fully saturated rings. The molecule has 0 aliphatic carbocycles. The summed E-state index contributed by atoms with van der Waals surface area (Å²) >= 11 is 0. The molecule has 1 rings (SSSR count). The molecule has 0 atom stereocenters. The van der Waals surface area contributed by atoms with Gasteiger partial charge in [0.15, 0.2) is 5.78 Å². The van der Waals surface area contributed by atoms with E-state index < -0.39 is 0 Å². The highest BCUT2D eigenvalue weighted by Crippen LogP contribution is 2.32. The molecule has 1 aromatic rings. The number of Topliss-reactive ketones (excluding diaryl/α,β-unsaturated/α-hetero) is 1.